The zero-order valence-corrected chi connectivity index (χ0v) is 9.04. The third-order valence-electron chi connectivity index (χ3n) is 2.65. The molecule has 0 heterocycles. The van der Waals surface area contributed by atoms with Crippen molar-refractivity contribution in [3.63, 3.8) is 0 Å². The van der Waals surface area contributed by atoms with Crippen molar-refractivity contribution in [3.8, 4) is 0 Å². The van der Waals surface area contributed by atoms with Crippen LogP contribution in [-0.4, -0.2) is 10.2 Å². The molecule has 0 atom stereocenters. The first-order valence-electron chi connectivity index (χ1n) is 4.94. The van der Waals surface area contributed by atoms with Crippen LogP contribution in [-0.2, 0) is 13.2 Å². The molecule has 0 bridgehead atoms. The maximum absolute atomic E-state index is 9.16. The molecule has 0 fully saturated rings. The Labute approximate surface area is 85.2 Å². The molecule has 0 amide bonds. The Balaban J connectivity index is 3.25. The highest BCUT2D eigenvalue weighted by Crippen LogP contribution is 2.22. The third kappa shape index (κ3) is 2.14. The van der Waals surface area contributed by atoms with Crippen molar-refractivity contribution in [2.45, 2.75) is 39.9 Å². The van der Waals surface area contributed by atoms with Crippen molar-refractivity contribution < 1.29 is 10.2 Å². The summed E-state index contributed by atoms with van der Waals surface area (Å²) in [6.07, 6.45) is 0. The van der Waals surface area contributed by atoms with Crippen LogP contribution in [0.4, 0.5) is 0 Å². The van der Waals surface area contributed by atoms with E-state index >= 15 is 0 Å². The van der Waals surface area contributed by atoms with Gasteiger partial charge in [0.05, 0.1) is 13.2 Å². The van der Waals surface area contributed by atoms with Crippen molar-refractivity contribution in [2.24, 2.45) is 0 Å². The average molecular weight is 194 g/mol. The number of aliphatic hydroxyl groups excluding tert-OH is 2. The molecule has 0 saturated carbocycles. The van der Waals surface area contributed by atoms with E-state index < -0.39 is 0 Å². The molecule has 1 rings (SSSR count). The smallest absolute Gasteiger partial charge is 0.0684 e. The summed E-state index contributed by atoms with van der Waals surface area (Å²) in [6, 6.07) is 4.03. The number of hydrogen-bond donors (Lipinski definition) is 2. The number of hydrogen-bond acceptors (Lipinski definition) is 2. The Morgan fingerprint density at radius 1 is 1.07 bits per heavy atom. The van der Waals surface area contributed by atoms with E-state index in [0.717, 1.165) is 16.7 Å². The number of rotatable bonds is 3. The van der Waals surface area contributed by atoms with Gasteiger partial charge in [-0.1, -0.05) is 26.0 Å². The molecule has 0 aliphatic heterocycles. The molecule has 0 aromatic heterocycles. The van der Waals surface area contributed by atoms with Gasteiger partial charge in [-0.05, 0) is 35.1 Å². The maximum atomic E-state index is 9.16. The maximum Gasteiger partial charge on any atom is 0.0684 e. The summed E-state index contributed by atoms with van der Waals surface area (Å²) in [6.45, 7) is 6.22. The highest BCUT2D eigenvalue weighted by Gasteiger charge is 2.07. The molecular weight excluding hydrogens is 176 g/mol. The van der Waals surface area contributed by atoms with Crippen LogP contribution in [0.15, 0.2) is 12.1 Å². The van der Waals surface area contributed by atoms with Gasteiger partial charge in [-0.3, -0.25) is 0 Å². The third-order valence-corrected chi connectivity index (χ3v) is 2.65. The van der Waals surface area contributed by atoms with Crippen LogP contribution < -0.4 is 0 Å². The van der Waals surface area contributed by atoms with Gasteiger partial charge < -0.3 is 10.2 Å². The predicted octanol–water partition coefficient (Wildman–Crippen LogP) is 2.10. The van der Waals surface area contributed by atoms with Crippen molar-refractivity contribution in [1.29, 1.82) is 0 Å². The largest absolute Gasteiger partial charge is 0.392 e. The van der Waals surface area contributed by atoms with Crippen molar-refractivity contribution in [1.82, 2.24) is 0 Å². The minimum Gasteiger partial charge on any atom is -0.392 e. The minimum absolute atomic E-state index is 0.0411. The average Bonchev–Trinajstić information content (AvgIpc) is 2.17. The topological polar surface area (TPSA) is 40.5 Å². The molecule has 78 valence electrons. The summed E-state index contributed by atoms with van der Waals surface area (Å²) >= 11 is 0. The van der Waals surface area contributed by atoms with E-state index in [-0.39, 0.29) is 13.2 Å². The zero-order valence-electron chi connectivity index (χ0n) is 9.04. The fourth-order valence-electron chi connectivity index (χ4n) is 1.53. The van der Waals surface area contributed by atoms with Crippen molar-refractivity contribution in [2.75, 3.05) is 0 Å². The normalized spacial score (nSPS) is 11.0. The van der Waals surface area contributed by atoms with Gasteiger partial charge in [-0.15, -0.1) is 0 Å². The summed E-state index contributed by atoms with van der Waals surface area (Å²) < 4.78 is 0. The van der Waals surface area contributed by atoms with Crippen LogP contribution in [0.25, 0.3) is 0 Å². The van der Waals surface area contributed by atoms with Crippen LogP contribution in [0.3, 0.4) is 0 Å². The van der Waals surface area contributed by atoms with Crippen LogP contribution in [0.5, 0.6) is 0 Å². The lowest BCUT2D eigenvalue weighted by Crippen LogP contribution is -2.00. The van der Waals surface area contributed by atoms with E-state index in [2.05, 4.69) is 13.8 Å². The first-order chi connectivity index (χ1) is 6.60. The number of aliphatic hydroxyl groups is 2. The Morgan fingerprint density at radius 2 is 1.50 bits per heavy atom. The molecule has 2 nitrogen and oxygen atoms in total. The highest BCUT2D eigenvalue weighted by molar-refractivity contribution is 5.39. The molecule has 0 radical (unpaired) electrons. The lowest BCUT2D eigenvalue weighted by molar-refractivity contribution is 0.273. The molecule has 2 heteroatoms. The van der Waals surface area contributed by atoms with E-state index in [1.54, 1.807) is 0 Å². The van der Waals surface area contributed by atoms with Crippen LogP contribution >= 0.6 is 0 Å². The van der Waals surface area contributed by atoms with Gasteiger partial charge in [-0.2, -0.15) is 0 Å². The first kappa shape index (κ1) is 11.2. The lowest BCUT2D eigenvalue weighted by atomic mass is 9.94. The van der Waals surface area contributed by atoms with Crippen LogP contribution in [0, 0.1) is 6.92 Å². The summed E-state index contributed by atoms with van der Waals surface area (Å²) in [4.78, 5) is 0. The highest BCUT2D eigenvalue weighted by atomic mass is 16.3. The van der Waals surface area contributed by atoms with Gasteiger partial charge in [0.1, 0.15) is 0 Å². The first-order valence-corrected chi connectivity index (χ1v) is 4.94. The number of benzene rings is 1. The van der Waals surface area contributed by atoms with Crippen molar-refractivity contribution >= 4 is 0 Å². The van der Waals surface area contributed by atoms with Gasteiger partial charge in [0.25, 0.3) is 0 Å². The standard InChI is InChI=1S/C12H18O2/c1-8(2)10-4-11(6-13)9(3)12(5-10)7-14/h4-5,8,13-14H,6-7H2,1-3H3. The molecule has 0 unspecified atom stereocenters. The van der Waals surface area contributed by atoms with Gasteiger partial charge >= 0.3 is 0 Å². The molecule has 2 N–H and O–H groups in total. The van der Waals surface area contributed by atoms with E-state index in [9.17, 15) is 0 Å². The second-order valence-electron chi connectivity index (χ2n) is 3.94. The summed E-state index contributed by atoms with van der Waals surface area (Å²) in [7, 11) is 0. The molecule has 1 aromatic rings. The van der Waals surface area contributed by atoms with E-state index in [4.69, 9.17) is 10.2 Å². The van der Waals surface area contributed by atoms with Crippen molar-refractivity contribution in [3.05, 3.63) is 34.4 Å². The molecule has 0 saturated heterocycles. The molecular formula is C12H18O2. The zero-order chi connectivity index (χ0) is 10.7. The minimum atomic E-state index is 0.0411. The molecule has 0 aliphatic rings. The van der Waals surface area contributed by atoms with Gasteiger partial charge in [0, 0.05) is 0 Å². The Morgan fingerprint density at radius 3 is 1.79 bits per heavy atom. The second kappa shape index (κ2) is 4.58. The fourth-order valence-corrected chi connectivity index (χ4v) is 1.53. The van der Waals surface area contributed by atoms with Crippen LogP contribution in [0.2, 0.25) is 0 Å². The Hall–Kier alpha value is -0.860. The fraction of sp³-hybridized carbons (Fsp3) is 0.500. The van der Waals surface area contributed by atoms with E-state index in [1.165, 1.54) is 5.56 Å². The monoisotopic (exact) mass is 194 g/mol. The second-order valence-corrected chi connectivity index (χ2v) is 3.94. The summed E-state index contributed by atoms with van der Waals surface area (Å²) in [5.74, 6) is 0.422. The van der Waals surface area contributed by atoms with Gasteiger partial charge in [0.15, 0.2) is 0 Å². The Kier molecular flexibility index (Phi) is 3.67. The molecule has 14 heavy (non-hydrogen) atoms. The quantitative estimate of drug-likeness (QED) is 0.773. The van der Waals surface area contributed by atoms with E-state index in [1.807, 2.05) is 19.1 Å². The Bertz CT molecular complexity index is 291. The van der Waals surface area contributed by atoms with Crippen LogP contribution in [0.1, 0.15) is 42.0 Å². The lowest BCUT2D eigenvalue weighted by Gasteiger charge is -2.13. The molecule has 0 aliphatic carbocycles. The predicted molar refractivity (Wildman–Crippen MR) is 57.1 cm³/mol. The van der Waals surface area contributed by atoms with Gasteiger partial charge in [0.2, 0.25) is 0 Å². The molecule has 1 aromatic carbocycles. The van der Waals surface area contributed by atoms with Gasteiger partial charge in [-0.25, -0.2) is 0 Å². The molecule has 0 spiro atoms. The summed E-state index contributed by atoms with van der Waals surface area (Å²) in [5.41, 5.74) is 4.00. The van der Waals surface area contributed by atoms with E-state index in [0.29, 0.717) is 5.92 Å². The SMILES string of the molecule is Cc1c(CO)cc(C(C)C)cc1CO. The summed E-state index contributed by atoms with van der Waals surface area (Å²) in [5, 5.41) is 18.3.